The minimum absolute atomic E-state index is 0.0980. The van der Waals surface area contributed by atoms with Crippen LogP contribution < -0.4 is 15.5 Å². The second kappa shape index (κ2) is 9.27. The van der Waals surface area contributed by atoms with E-state index in [0.29, 0.717) is 28.9 Å². The predicted octanol–water partition coefficient (Wildman–Crippen LogP) is 6.11. The van der Waals surface area contributed by atoms with Gasteiger partial charge in [-0.2, -0.15) is 0 Å². The highest BCUT2D eigenvalue weighted by Gasteiger charge is 2.13. The van der Waals surface area contributed by atoms with Crippen LogP contribution in [-0.4, -0.2) is 18.3 Å². The van der Waals surface area contributed by atoms with Crippen LogP contribution in [0, 0.1) is 5.82 Å². The van der Waals surface area contributed by atoms with E-state index in [-0.39, 0.29) is 21.6 Å². The zero-order chi connectivity index (χ0) is 21.8. The number of benzene rings is 3. The molecule has 0 unspecified atom stereocenters. The van der Waals surface area contributed by atoms with Gasteiger partial charge in [-0.15, -0.1) is 0 Å². The number of rotatable bonds is 8. The maximum Gasteiger partial charge on any atom is 0.204 e. The van der Waals surface area contributed by atoms with Gasteiger partial charge in [0.25, 0.3) is 0 Å². The van der Waals surface area contributed by atoms with E-state index in [2.05, 4.69) is 5.32 Å². The summed E-state index contributed by atoms with van der Waals surface area (Å²) in [7, 11) is 0. The fraction of sp³-hybridized carbons (Fsp3) is 0.208. The minimum Gasteiger partial charge on any atom is -0.507 e. The lowest BCUT2D eigenvalue weighted by Gasteiger charge is -2.10. The smallest absolute Gasteiger partial charge is 0.204 e. The second-order valence-electron chi connectivity index (χ2n) is 7.21. The topological polar surface area (TPSA) is 71.7 Å². The van der Waals surface area contributed by atoms with E-state index in [4.69, 9.17) is 20.8 Å². The Labute approximate surface area is 183 Å². The Kier molecular flexibility index (Phi) is 6.28. The first kappa shape index (κ1) is 21.0. The predicted molar refractivity (Wildman–Crippen MR) is 121 cm³/mol. The molecule has 1 aromatic heterocycles. The summed E-state index contributed by atoms with van der Waals surface area (Å²) in [6.07, 6.45) is 2.63. The van der Waals surface area contributed by atoms with E-state index >= 15 is 0 Å². The Morgan fingerprint density at radius 2 is 1.87 bits per heavy atom. The SMILES string of the molecule is O=c1c2ccccc2oc2cc(OCCCCCNc3ccc(F)c(Cl)c3)cc(O)c12. The summed E-state index contributed by atoms with van der Waals surface area (Å²) in [4.78, 5) is 12.6. The zero-order valence-corrected chi connectivity index (χ0v) is 17.4. The van der Waals surface area contributed by atoms with Crippen molar-refractivity contribution in [3.63, 3.8) is 0 Å². The van der Waals surface area contributed by atoms with Gasteiger partial charge in [0.15, 0.2) is 0 Å². The largest absolute Gasteiger partial charge is 0.507 e. The quantitative estimate of drug-likeness (QED) is 0.255. The molecule has 5 nitrogen and oxygen atoms in total. The summed E-state index contributed by atoms with van der Waals surface area (Å²) in [5.41, 5.74) is 1.27. The summed E-state index contributed by atoms with van der Waals surface area (Å²) in [5, 5.41) is 14.2. The zero-order valence-electron chi connectivity index (χ0n) is 16.7. The molecule has 3 aromatic carbocycles. The lowest BCUT2D eigenvalue weighted by Crippen LogP contribution is -2.04. The van der Waals surface area contributed by atoms with Gasteiger partial charge in [-0.25, -0.2) is 4.39 Å². The number of halogens is 2. The van der Waals surface area contributed by atoms with Crippen molar-refractivity contribution in [2.75, 3.05) is 18.5 Å². The lowest BCUT2D eigenvalue weighted by atomic mass is 10.1. The number of nitrogens with one attached hydrogen (secondary N) is 1. The Morgan fingerprint density at radius 3 is 2.71 bits per heavy atom. The van der Waals surface area contributed by atoms with Crippen LogP contribution in [0.3, 0.4) is 0 Å². The van der Waals surface area contributed by atoms with Crippen molar-refractivity contribution in [1.82, 2.24) is 0 Å². The Balaban J connectivity index is 1.30. The molecule has 0 saturated heterocycles. The van der Waals surface area contributed by atoms with Gasteiger partial charge in [0.2, 0.25) is 5.43 Å². The molecule has 0 aliphatic carbocycles. The first-order valence-corrected chi connectivity index (χ1v) is 10.4. The molecule has 0 spiro atoms. The molecule has 0 amide bonds. The van der Waals surface area contributed by atoms with Gasteiger partial charge in [-0.1, -0.05) is 23.7 Å². The maximum atomic E-state index is 13.2. The Hall–Kier alpha value is -3.25. The van der Waals surface area contributed by atoms with Gasteiger partial charge >= 0.3 is 0 Å². The summed E-state index contributed by atoms with van der Waals surface area (Å²) in [5.74, 6) is -0.145. The molecule has 160 valence electrons. The number of anilines is 1. The molecule has 0 radical (unpaired) electrons. The van der Waals surface area contributed by atoms with Crippen LogP contribution in [0.25, 0.3) is 21.9 Å². The first-order valence-electron chi connectivity index (χ1n) is 10.0. The average Bonchev–Trinajstić information content (AvgIpc) is 2.75. The van der Waals surface area contributed by atoms with Crippen LogP contribution in [0.15, 0.2) is 63.8 Å². The number of phenolic OH excluding ortho intramolecular Hbond substituents is 1. The molecule has 1 heterocycles. The molecule has 4 rings (SSSR count). The molecule has 7 heteroatoms. The van der Waals surface area contributed by atoms with Gasteiger partial charge < -0.3 is 19.6 Å². The van der Waals surface area contributed by atoms with Crippen LogP contribution in [0.1, 0.15) is 19.3 Å². The fourth-order valence-electron chi connectivity index (χ4n) is 3.40. The number of para-hydroxylation sites is 1. The van der Waals surface area contributed by atoms with Crippen LogP contribution in [-0.2, 0) is 0 Å². The van der Waals surface area contributed by atoms with Crippen molar-refractivity contribution >= 4 is 39.2 Å². The lowest BCUT2D eigenvalue weighted by molar-refractivity contribution is 0.304. The third-order valence-corrected chi connectivity index (χ3v) is 5.26. The summed E-state index contributed by atoms with van der Waals surface area (Å²) in [6, 6.07) is 14.5. The van der Waals surface area contributed by atoms with Crippen LogP contribution in [0.2, 0.25) is 5.02 Å². The molecule has 0 fully saturated rings. The van der Waals surface area contributed by atoms with Crippen molar-refractivity contribution in [2.45, 2.75) is 19.3 Å². The third kappa shape index (κ3) is 4.75. The van der Waals surface area contributed by atoms with E-state index in [1.165, 1.54) is 12.1 Å². The van der Waals surface area contributed by atoms with E-state index in [1.54, 1.807) is 42.5 Å². The maximum absolute atomic E-state index is 13.2. The van der Waals surface area contributed by atoms with Gasteiger partial charge in [-0.05, 0) is 49.6 Å². The van der Waals surface area contributed by atoms with Crippen molar-refractivity contribution in [3.8, 4) is 11.5 Å². The fourth-order valence-corrected chi connectivity index (χ4v) is 3.58. The minimum atomic E-state index is -0.434. The molecule has 0 aliphatic heterocycles. The van der Waals surface area contributed by atoms with Crippen LogP contribution >= 0.6 is 11.6 Å². The summed E-state index contributed by atoms with van der Waals surface area (Å²) >= 11 is 5.76. The van der Waals surface area contributed by atoms with Gasteiger partial charge in [0, 0.05) is 24.4 Å². The number of unbranched alkanes of at least 4 members (excludes halogenated alkanes) is 2. The van der Waals surface area contributed by atoms with E-state index in [9.17, 15) is 14.3 Å². The highest BCUT2D eigenvalue weighted by molar-refractivity contribution is 6.31. The number of ether oxygens (including phenoxy) is 1. The van der Waals surface area contributed by atoms with Crippen molar-refractivity contribution in [1.29, 1.82) is 0 Å². The second-order valence-corrected chi connectivity index (χ2v) is 7.61. The standard InChI is InChI=1S/C24H21ClFNO4/c25-18-12-15(8-9-19(18)26)27-10-4-1-5-11-30-16-13-20(28)23-22(14-16)31-21-7-3-2-6-17(21)24(23)29/h2-3,6-9,12-14,27-28H,1,4-5,10-11H2. The number of aromatic hydroxyl groups is 1. The molecule has 0 aliphatic rings. The number of hydrogen-bond acceptors (Lipinski definition) is 5. The Morgan fingerprint density at radius 1 is 1.03 bits per heavy atom. The molecular weight excluding hydrogens is 421 g/mol. The van der Waals surface area contributed by atoms with Gasteiger partial charge in [-0.3, -0.25) is 4.79 Å². The monoisotopic (exact) mass is 441 g/mol. The highest BCUT2D eigenvalue weighted by Crippen LogP contribution is 2.30. The molecule has 2 N–H and O–H groups in total. The first-order chi connectivity index (χ1) is 15.0. The van der Waals surface area contributed by atoms with Gasteiger partial charge in [0.05, 0.1) is 17.0 Å². The molecular formula is C24H21ClFNO4. The van der Waals surface area contributed by atoms with Crippen molar-refractivity contribution < 1.29 is 18.7 Å². The molecule has 31 heavy (non-hydrogen) atoms. The number of fused-ring (bicyclic) bond motifs is 2. The van der Waals surface area contributed by atoms with Crippen LogP contribution in [0.4, 0.5) is 10.1 Å². The molecule has 0 atom stereocenters. The number of hydrogen-bond donors (Lipinski definition) is 2. The van der Waals surface area contributed by atoms with Crippen molar-refractivity contribution in [3.05, 3.63) is 75.7 Å². The van der Waals surface area contributed by atoms with Crippen molar-refractivity contribution in [2.24, 2.45) is 0 Å². The van der Waals surface area contributed by atoms with E-state index < -0.39 is 5.82 Å². The Bertz CT molecular complexity index is 1290. The van der Waals surface area contributed by atoms with Crippen LogP contribution in [0.5, 0.6) is 11.5 Å². The highest BCUT2D eigenvalue weighted by atomic mass is 35.5. The van der Waals surface area contributed by atoms with Gasteiger partial charge in [0.1, 0.15) is 33.9 Å². The molecule has 0 bridgehead atoms. The van der Waals surface area contributed by atoms with E-state index in [1.807, 2.05) is 0 Å². The van der Waals surface area contributed by atoms with E-state index in [0.717, 1.165) is 31.5 Å². The number of phenols is 1. The molecule has 0 saturated carbocycles. The molecule has 4 aromatic rings. The summed E-state index contributed by atoms with van der Waals surface area (Å²) < 4.78 is 24.7. The third-order valence-electron chi connectivity index (χ3n) is 4.97. The normalized spacial score (nSPS) is 11.2. The average molecular weight is 442 g/mol. The summed E-state index contributed by atoms with van der Waals surface area (Å²) in [6.45, 7) is 1.20.